The zero-order valence-corrected chi connectivity index (χ0v) is 9.55. The van der Waals surface area contributed by atoms with Gasteiger partial charge in [-0.05, 0) is 37.0 Å². The zero-order valence-electron chi connectivity index (χ0n) is 14.8. The van der Waals surface area contributed by atoms with Crippen molar-refractivity contribution in [1.29, 1.82) is 0 Å². The van der Waals surface area contributed by atoms with E-state index in [9.17, 15) is 4.79 Å². The Balaban J connectivity index is 2.29. The summed E-state index contributed by atoms with van der Waals surface area (Å²) in [6, 6.07) is 6.91. The highest BCUT2D eigenvalue weighted by Gasteiger charge is 2.39. The molecule has 16 heavy (non-hydrogen) atoms. The van der Waals surface area contributed by atoms with Crippen molar-refractivity contribution in [3.8, 4) is 0 Å². The molecule has 1 unspecified atom stereocenters. The summed E-state index contributed by atoms with van der Waals surface area (Å²) in [4.78, 5) is 12.6. The maximum Gasteiger partial charge on any atom is 0.141 e. The predicted octanol–water partition coefficient (Wildman–Crippen LogP) is 3.89. The van der Waals surface area contributed by atoms with E-state index in [4.69, 9.17) is 19.8 Å². The lowest BCUT2D eigenvalue weighted by molar-refractivity contribution is -0.127. The smallest absolute Gasteiger partial charge is 0.141 e. The highest BCUT2D eigenvalue weighted by molar-refractivity contribution is 6.30. The Morgan fingerprint density at radius 2 is 2.12 bits per heavy atom. The zero-order chi connectivity index (χ0) is 16.8. The van der Waals surface area contributed by atoms with Gasteiger partial charge in [0.15, 0.2) is 0 Å². The molecule has 86 valence electrons. The van der Waals surface area contributed by atoms with Crippen molar-refractivity contribution < 1.29 is 13.0 Å². The summed E-state index contributed by atoms with van der Waals surface area (Å²) in [6.45, 7) is -5.66. The van der Waals surface area contributed by atoms with Gasteiger partial charge in [0, 0.05) is 24.6 Å². The molecule has 1 aromatic rings. The Hall–Kier alpha value is -0.820. The number of halogens is 1. The largest absolute Gasteiger partial charge is 0.299 e. The highest BCUT2D eigenvalue weighted by atomic mass is 35.5. The molecular formula is C14H17ClO. The lowest BCUT2D eigenvalue weighted by Crippen LogP contribution is -2.22. The number of carbonyl (C=O) groups excluding carboxylic acids is 1. The summed E-state index contributed by atoms with van der Waals surface area (Å²) in [5.41, 5.74) is -1.40. The van der Waals surface area contributed by atoms with E-state index in [-0.39, 0.29) is 12.8 Å². The molecule has 0 radical (unpaired) electrons. The van der Waals surface area contributed by atoms with E-state index in [2.05, 4.69) is 0 Å². The first kappa shape index (κ1) is 6.20. The van der Waals surface area contributed by atoms with Crippen molar-refractivity contribution in [2.75, 3.05) is 0 Å². The molecule has 1 nitrogen and oxygen atoms in total. The molecule has 0 amide bonds. The van der Waals surface area contributed by atoms with Crippen LogP contribution in [0, 0.1) is 11.3 Å². The average molecular weight is 243 g/mol. The first-order valence-corrected chi connectivity index (χ1v) is 5.65. The Labute approximate surface area is 110 Å². The predicted molar refractivity (Wildman–Crippen MR) is 66.7 cm³/mol. The van der Waals surface area contributed by atoms with Crippen LogP contribution >= 0.6 is 11.6 Å². The topological polar surface area (TPSA) is 17.1 Å². The fourth-order valence-corrected chi connectivity index (χ4v) is 2.22. The van der Waals surface area contributed by atoms with Crippen LogP contribution in [-0.4, -0.2) is 5.78 Å². The molecule has 1 fully saturated rings. The van der Waals surface area contributed by atoms with Gasteiger partial charge in [-0.15, -0.1) is 0 Å². The van der Waals surface area contributed by atoms with Crippen molar-refractivity contribution in [1.82, 2.24) is 0 Å². The number of hydrogen-bond acceptors (Lipinski definition) is 1. The molecule has 1 aliphatic rings. The molecule has 0 N–H and O–H groups in total. The van der Waals surface area contributed by atoms with Crippen LogP contribution in [0.1, 0.15) is 40.3 Å². The highest BCUT2D eigenvalue weighted by Crippen LogP contribution is 2.38. The standard InChI is InChI=1S/C14H17ClO/c1-14(2)8-7-11(13(14)16)9-10-3-5-12(15)6-4-10/h3-6,11H,7-9H2,1-2H3/i1D3,2D3. The second-order valence-electron chi connectivity index (χ2n) is 4.34. The minimum absolute atomic E-state index is 0.128. The number of benzene rings is 1. The number of rotatable bonds is 2. The van der Waals surface area contributed by atoms with Crippen molar-refractivity contribution in [3.05, 3.63) is 34.9 Å². The molecule has 1 atom stereocenters. The van der Waals surface area contributed by atoms with E-state index < -0.39 is 30.8 Å². The average Bonchev–Trinajstić information content (AvgIpc) is 2.70. The van der Waals surface area contributed by atoms with Crippen LogP contribution in [0.25, 0.3) is 0 Å². The second kappa shape index (κ2) is 4.21. The molecule has 1 aliphatic carbocycles. The van der Waals surface area contributed by atoms with E-state index in [1.807, 2.05) is 0 Å². The third-order valence-electron chi connectivity index (χ3n) is 3.05. The molecule has 0 aromatic heterocycles. The molecular weight excluding hydrogens is 220 g/mol. The van der Waals surface area contributed by atoms with E-state index in [1.165, 1.54) is 0 Å². The summed E-state index contributed by atoms with van der Waals surface area (Å²) in [5.74, 6) is -1.25. The lowest BCUT2D eigenvalue weighted by atomic mass is 9.87. The van der Waals surface area contributed by atoms with Crippen molar-refractivity contribution in [2.24, 2.45) is 11.3 Å². The van der Waals surface area contributed by atoms with Crippen LogP contribution in [0.4, 0.5) is 0 Å². The molecule has 0 saturated heterocycles. The number of hydrogen-bond donors (Lipinski definition) is 0. The van der Waals surface area contributed by atoms with Crippen molar-refractivity contribution in [2.45, 2.75) is 33.0 Å². The Bertz CT molecular complexity index is 546. The Kier molecular flexibility index (Phi) is 1.63. The maximum atomic E-state index is 12.6. The van der Waals surface area contributed by atoms with Crippen LogP contribution in [0.2, 0.25) is 5.02 Å². The van der Waals surface area contributed by atoms with Gasteiger partial charge >= 0.3 is 0 Å². The van der Waals surface area contributed by atoms with Crippen LogP contribution in [0.5, 0.6) is 0 Å². The van der Waals surface area contributed by atoms with Gasteiger partial charge in [-0.3, -0.25) is 4.79 Å². The Morgan fingerprint density at radius 3 is 2.69 bits per heavy atom. The molecule has 0 aliphatic heterocycles. The molecule has 0 heterocycles. The van der Waals surface area contributed by atoms with E-state index in [0.717, 1.165) is 5.56 Å². The van der Waals surface area contributed by atoms with Gasteiger partial charge in [-0.1, -0.05) is 37.4 Å². The SMILES string of the molecule is [2H]C([2H])([2H])C1(C([2H])([2H])[2H])CCC(Cc2ccc(Cl)cc2)C1=O. The van der Waals surface area contributed by atoms with Gasteiger partial charge in [-0.25, -0.2) is 0 Å². The van der Waals surface area contributed by atoms with Crippen molar-refractivity contribution >= 4 is 17.4 Å². The molecule has 0 spiro atoms. The first-order chi connectivity index (χ1) is 9.99. The van der Waals surface area contributed by atoms with E-state index in [1.54, 1.807) is 24.3 Å². The number of ketones is 1. The molecule has 2 heteroatoms. The van der Waals surface area contributed by atoms with Crippen LogP contribution < -0.4 is 0 Å². The monoisotopic (exact) mass is 242 g/mol. The first-order valence-electron chi connectivity index (χ1n) is 8.28. The van der Waals surface area contributed by atoms with Gasteiger partial charge in [0.25, 0.3) is 0 Å². The fourth-order valence-electron chi connectivity index (χ4n) is 2.09. The summed E-state index contributed by atoms with van der Waals surface area (Å²) in [7, 11) is 0. The summed E-state index contributed by atoms with van der Waals surface area (Å²) < 4.78 is 45.6. The maximum absolute atomic E-state index is 12.6. The summed E-state index contributed by atoms with van der Waals surface area (Å²) in [6.07, 6.45) is 0.485. The van der Waals surface area contributed by atoms with Crippen LogP contribution in [-0.2, 0) is 11.2 Å². The van der Waals surface area contributed by atoms with E-state index >= 15 is 0 Å². The Morgan fingerprint density at radius 1 is 1.44 bits per heavy atom. The number of Topliss-reactive ketones (excluding diaryl/α,β-unsaturated/α-hetero) is 1. The third-order valence-corrected chi connectivity index (χ3v) is 3.31. The minimum Gasteiger partial charge on any atom is -0.299 e. The molecule has 0 bridgehead atoms. The minimum atomic E-state index is -2.83. The van der Waals surface area contributed by atoms with Crippen LogP contribution in [0.15, 0.2) is 24.3 Å². The molecule has 1 aromatic carbocycles. The third kappa shape index (κ3) is 2.30. The van der Waals surface area contributed by atoms with Gasteiger partial charge in [-0.2, -0.15) is 0 Å². The van der Waals surface area contributed by atoms with Gasteiger partial charge < -0.3 is 0 Å². The second-order valence-corrected chi connectivity index (χ2v) is 4.77. The molecule has 2 rings (SSSR count). The fraction of sp³-hybridized carbons (Fsp3) is 0.500. The van der Waals surface area contributed by atoms with Crippen molar-refractivity contribution in [3.63, 3.8) is 0 Å². The molecule has 1 saturated carbocycles. The number of carbonyl (C=O) groups is 1. The van der Waals surface area contributed by atoms with Gasteiger partial charge in [0.1, 0.15) is 5.78 Å². The summed E-state index contributed by atoms with van der Waals surface area (Å²) >= 11 is 5.81. The summed E-state index contributed by atoms with van der Waals surface area (Å²) in [5, 5.41) is 0.570. The van der Waals surface area contributed by atoms with Gasteiger partial charge in [0.2, 0.25) is 0 Å². The van der Waals surface area contributed by atoms with Crippen LogP contribution in [0.3, 0.4) is 0 Å². The van der Waals surface area contributed by atoms with Gasteiger partial charge in [0.05, 0.1) is 0 Å². The normalized spacial score (nSPS) is 30.8. The van der Waals surface area contributed by atoms with E-state index in [0.29, 0.717) is 11.4 Å². The quantitative estimate of drug-likeness (QED) is 0.769. The lowest BCUT2D eigenvalue weighted by Gasteiger charge is -2.15.